The van der Waals surface area contributed by atoms with Crippen LogP contribution in [0.15, 0.2) is 0 Å². The summed E-state index contributed by atoms with van der Waals surface area (Å²) in [5, 5.41) is 27.2. The molecule has 0 saturated heterocycles. The quantitative estimate of drug-likeness (QED) is 0.165. The van der Waals surface area contributed by atoms with Crippen LogP contribution in [-0.2, 0) is 28.8 Å². The van der Waals surface area contributed by atoms with Crippen molar-refractivity contribution in [2.24, 2.45) is 0 Å². The highest BCUT2D eigenvalue weighted by Gasteiger charge is 2.24. The van der Waals surface area contributed by atoms with Gasteiger partial charge in [-0.25, -0.2) is 0 Å². The van der Waals surface area contributed by atoms with Crippen LogP contribution in [0, 0.1) is 0 Å². The fraction of sp³-hybridized carbons (Fsp3) is 0.684. The van der Waals surface area contributed by atoms with Crippen molar-refractivity contribution in [3.63, 3.8) is 0 Å². The van der Waals surface area contributed by atoms with Gasteiger partial charge < -0.3 is 31.5 Å². The van der Waals surface area contributed by atoms with Gasteiger partial charge in [0.05, 0.1) is 6.54 Å². The first kappa shape index (κ1) is 27.8. The number of carbonyl (C=O) groups excluding carboxylic acids is 4. The Morgan fingerprint density at radius 1 is 0.774 bits per heavy atom. The molecule has 0 aromatic rings. The Morgan fingerprint density at radius 3 is 1.77 bits per heavy atom. The maximum atomic E-state index is 12.3. The normalized spacial score (nSPS) is 12.2. The fourth-order valence-corrected chi connectivity index (χ4v) is 2.56. The number of aliphatic carboxylic acids is 2. The minimum atomic E-state index is -1.15. The number of amides is 4. The molecule has 31 heavy (non-hydrogen) atoms. The second-order valence-electron chi connectivity index (χ2n) is 6.95. The molecule has 0 bridgehead atoms. The molecule has 0 radical (unpaired) electrons. The van der Waals surface area contributed by atoms with Gasteiger partial charge in [-0.15, -0.1) is 0 Å². The standard InChI is InChI=1S/C19H32N4O8/c1-3-4-5-10-20-18(30)14(7-9-17(28)29)23-15(25)11-21-19(31)13(22-12(2)24)6-8-16(26)27/h13-14H,3-11H2,1-2H3,(H,20,30)(H,21,31)(H,22,24)(H,23,25)(H,26,27)(H,28,29). The summed E-state index contributed by atoms with van der Waals surface area (Å²) < 4.78 is 0. The third-order valence-corrected chi connectivity index (χ3v) is 4.14. The highest BCUT2D eigenvalue weighted by atomic mass is 16.4. The fourth-order valence-electron chi connectivity index (χ4n) is 2.56. The van der Waals surface area contributed by atoms with E-state index < -0.39 is 54.2 Å². The summed E-state index contributed by atoms with van der Waals surface area (Å²) in [6.45, 7) is 3.03. The second kappa shape index (κ2) is 15.6. The van der Waals surface area contributed by atoms with Crippen LogP contribution in [0.3, 0.4) is 0 Å². The molecule has 6 N–H and O–H groups in total. The number of rotatable bonds is 16. The molecule has 176 valence electrons. The molecule has 2 unspecified atom stereocenters. The predicted octanol–water partition coefficient (Wildman–Crippen LogP) is -0.872. The van der Waals surface area contributed by atoms with Crippen molar-refractivity contribution >= 4 is 35.6 Å². The van der Waals surface area contributed by atoms with Gasteiger partial charge in [0.2, 0.25) is 23.6 Å². The van der Waals surface area contributed by atoms with E-state index in [-0.39, 0.29) is 25.7 Å². The highest BCUT2D eigenvalue weighted by Crippen LogP contribution is 2.01. The van der Waals surface area contributed by atoms with Crippen LogP contribution in [-0.4, -0.2) is 71.0 Å². The molecule has 0 rings (SSSR count). The van der Waals surface area contributed by atoms with E-state index in [4.69, 9.17) is 10.2 Å². The number of unbranched alkanes of at least 4 members (excludes halogenated alkanes) is 2. The Hall–Kier alpha value is -3.18. The first-order valence-electron chi connectivity index (χ1n) is 10.1. The van der Waals surface area contributed by atoms with Crippen LogP contribution in [0.1, 0.15) is 58.8 Å². The van der Waals surface area contributed by atoms with Crippen LogP contribution in [0.2, 0.25) is 0 Å². The molecule has 0 saturated carbocycles. The lowest BCUT2D eigenvalue weighted by atomic mass is 10.1. The zero-order valence-corrected chi connectivity index (χ0v) is 17.9. The van der Waals surface area contributed by atoms with Crippen LogP contribution in [0.4, 0.5) is 0 Å². The number of hydrogen-bond donors (Lipinski definition) is 6. The average Bonchev–Trinajstić information content (AvgIpc) is 2.68. The topological polar surface area (TPSA) is 191 Å². The molecule has 0 fully saturated rings. The van der Waals surface area contributed by atoms with E-state index in [0.29, 0.717) is 6.54 Å². The van der Waals surface area contributed by atoms with E-state index >= 15 is 0 Å². The third-order valence-electron chi connectivity index (χ3n) is 4.14. The third kappa shape index (κ3) is 14.4. The van der Waals surface area contributed by atoms with Crippen molar-refractivity contribution in [3.05, 3.63) is 0 Å². The summed E-state index contributed by atoms with van der Waals surface area (Å²) in [4.78, 5) is 69.3. The molecular weight excluding hydrogens is 412 g/mol. The van der Waals surface area contributed by atoms with Crippen LogP contribution >= 0.6 is 0 Å². The van der Waals surface area contributed by atoms with Crippen LogP contribution in [0.25, 0.3) is 0 Å². The predicted molar refractivity (Wildman–Crippen MR) is 109 cm³/mol. The van der Waals surface area contributed by atoms with Crippen molar-refractivity contribution in [1.29, 1.82) is 0 Å². The van der Waals surface area contributed by atoms with Crippen LogP contribution in [0.5, 0.6) is 0 Å². The number of nitrogens with one attached hydrogen (secondary N) is 4. The Labute approximate surface area is 180 Å². The summed E-state index contributed by atoms with van der Waals surface area (Å²) in [6, 6.07) is -2.22. The molecule has 0 aliphatic heterocycles. The molecule has 0 aromatic heterocycles. The molecule has 12 heteroatoms. The van der Waals surface area contributed by atoms with Gasteiger partial charge in [-0.3, -0.25) is 28.8 Å². The van der Waals surface area contributed by atoms with Crippen molar-refractivity contribution in [1.82, 2.24) is 21.3 Å². The summed E-state index contributed by atoms with van der Waals surface area (Å²) >= 11 is 0. The maximum Gasteiger partial charge on any atom is 0.303 e. The number of carbonyl (C=O) groups is 6. The molecule has 0 aliphatic rings. The summed E-state index contributed by atoms with van der Waals surface area (Å²) in [6.07, 6.45) is 1.64. The number of hydrogen-bond acceptors (Lipinski definition) is 6. The van der Waals surface area contributed by atoms with Crippen molar-refractivity contribution in [3.8, 4) is 0 Å². The molecule has 2 atom stereocenters. The molecule has 4 amide bonds. The molecule has 0 aliphatic carbocycles. The largest absolute Gasteiger partial charge is 0.481 e. The van der Waals surface area contributed by atoms with E-state index in [1.165, 1.54) is 6.92 Å². The maximum absolute atomic E-state index is 12.3. The minimum Gasteiger partial charge on any atom is -0.481 e. The molecule has 0 spiro atoms. The van der Waals surface area contributed by atoms with Gasteiger partial charge in [-0.1, -0.05) is 19.8 Å². The highest BCUT2D eigenvalue weighted by molar-refractivity contribution is 5.92. The van der Waals surface area contributed by atoms with E-state index in [2.05, 4.69) is 21.3 Å². The van der Waals surface area contributed by atoms with E-state index in [1.807, 2.05) is 6.92 Å². The van der Waals surface area contributed by atoms with Gasteiger partial charge in [0, 0.05) is 26.3 Å². The first-order chi connectivity index (χ1) is 14.6. The molecule has 12 nitrogen and oxygen atoms in total. The SMILES string of the molecule is CCCCCNC(=O)C(CCC(=O)O)NC(=O)CNC(=O)C(CCC(=O)O)NC(C)=O. The monoisotopic (exact) mass is 444 g/mol. The number of carboxylic acid groups (broad SMARTS) is 2. The summed E-state index contributed by atoms with van der Waals surface area (Å²) in [7, 11) is 0. The zero-order chi connectivity index (χ0) is 23.8. The lowest BCUT2D eigenvalue weighted by Gasteiger charge is -2.19. The van der Waals surface area contributed by atoms with Gasteiger partial charge in [0.1, 0.15) is 12.1 Å². The van der Waals surface area contributed by atoms with E-state index in [9.17, 15) is 28.8 Å². The summed E-state index contributed by atoms with van der Waals surface area (Å²) in [5.74, 6) is -4.81. The zero-order valence-electron chi connectivity index (χ0n) is 17.9. The van der Waals surface area contributed by atoms with Gasteiger partial charge in [0.15, 0.2) is 0 Å². The minimum absolute atomic E-state index is 0.123. The lowest BCUT2D eigenvalue weighted by Crippen LogP contribution is -2.52. The van der Waals surface area contributed by atoms with Gasteiger partial charge in [-0.2, -0.15) is 0 Å². The second-order valence-corrected chi connectivity index (χ2v) is 6.95. The first-order valence-corrected chi connectivity index (χ1v) is 10.1. The van der Waals surface area contributed by atoms with Gasteiger partial charge in [0.25, 0.3) is 0 Å². The number of carboxylic acids is 2. The van der Waals surface area contributed by atoms with E-state index in [1.54, 1.807) is 0 Å². The molecule has 0 heterocycles. The Kier molecular flexibility index (Phi) is 14.0. The van der Waals surface area contributed by atoms with Crippen molar-refractivity contribution in [2.45, 2.75) is 70.9 Å². The van der Waals surface area contributed by atoms with Crippen molar-refractivity contribution in [2.75, 3.05) is 13.1 Å². The van der Waals surface area contributed by atoms with E-state index in [0.717, 1.165) is 19.3 Å². The lowest BCUT2D eigenvalue weighted by molar-refractivity contribution is -0.138. The van der Waals surface area contributed by atoms with Crippen molar-refractivity contribution < 1.29 is 39.0 Å². The molecule has 0 aromatic carbocycles. The summed E-state index contributed by atoms with van der Waals surface area (Å²) in [5.41, 5.74) is 0. The molecular formula is C19H32N4O8. The van der Waals surface area contributed by atoms with Crippen LogP contribution < -0.4 is 21.3 Å². The Bertz CT molecular complexity index is 653. The smallest absolute Gasteiger partial charge is 0.303 e. The Balaban J connectivity index is 4.79. The van der Waals surface area contributed by atoms with Gasteiger partial charge >= 0.3 is 11.9 Å². The Morgan fingerprint density at radius 2 is 1.29 bits per heavy atom. The average molecular weight is 444 g/mol. The van der Waals surface area contributed by atoms with Gasteiger partial charge in [-0.05, 0) is 19.3 Å².